The maximum Gasteiger partial charge on any atom is 0.272 e. The van der Waals surface area contributed by atoms with E-state index >= 15 is 0 Å². The van der Waals surface area contributed by atoms with E-state index in [1.807, 2.05) is 0 Å². The lowest BCUT2D eigenvalue weighted by Gasteiger charge is -2.06. The molecule has 1 rings (SSSR count). The molecular formula is C11H14FN3O3. The summed E-state index contributed by atoms with van der Waals surface area (Å²) in [4.78, 5) is 21.1. The Hall–Kier alpha value is -2.02. The minimum atomic E-state index is -0.814. The Morgan fingerprint density at radius 3 is 2.78 bits per heavy atom. The number of benzene rings is 1. The van der Waals surface area contributed by atoms with E-state index in [-0.39, 0.29) is 23.7 Å². The van der Waals surface area contributed by atoms with Crippen molar-refractivity contribution in [2.75, 3.05) is 18.9 Å². The zero-order chi connectivity index (χ0) is 13.5. The second kappa shape index (κ2) is 6.65. The van der Waals surface area contributed by atoms with Crippen LogP contribution in [0.2, 0.25) is 0 Å². The van der Waals surface area contributed by atoms with E-state index in [0.717, 1.165) is 12.1 Å². The van der Waals surface area contributed by atoms with Crippen molar-refractivity contribution in [3.63, 3.8) is 0 Å². The number of halogens is 1. The van der Waals surface area contributed by atoms with Gasteiger partial charge in [0, 0.05) is 12.5 Å². The van der Waals surface area contributed by atoms with Gasteiger partial charge in [-0.3, -0.25) is 14.9 Å². The van der Waals surface area contributed by atoms with Crippen molar-refractivity contribution in [2.45, 2.75) is 12.8 Å². The lowest BCUT2D eigenvalue weighted by molar-refractivity contribution is -0.385. The molecule has 0 aliphatic rings. The van der Waals surface area contributed by atoms with Gasteiger partial charge in [-0.25, -0.2) is 4.39 Å². The minimum Gasteiger partial charge on any atom is -0.324 e. The van der Waals surface area contributed by atoms with Crippen LogP contribution in [0.5, 0.6) is 0 Å². The number of carbonyl (C=O) groups is 1. The predicted molar refractivity (Wildman–Crippen MR) is 64.8 cm³/mol. The Morgan fingerprint density at radius 1 is 1.50 bits per heavy atom. The Morgan fingerprint density at radius 2 is 2.22 bits per heavy atom. The standard InChI is InChI=1S/C11H14FN3O3/c1-13-6-2-3-11(16)14-10-5-4-8(15(17)18)7-9(10)12/h4-5,7,13H,2-3,6H2,1H3,(H,14,16). The smallest absolute Gasteiger partial charge is 0.272 e. The van der Waals surface area contributed by atoms with Crippen molar-refractivity contribution >= 4 is 17.3 Å². The Labute approximate surface area is 103 Å². The van der Waals surface area contributed by atoms with Gasteiger partial charge in [0.1, 0.15) is 0 Å². The third kappa shape index (κ3) is 4.10. The third-order valence-corrected chi connectivity index (χ3v) is 2.27. The summed E-state index contributed by atoms with van der Waals surface area (Å²) in [7, 11) is 1.77. The number of hydrogen-bond donors (Lipinski definition) is 2. The number of anilines is 1. The molecule has 0 saturated carbocycles. The Kier molecular flexibility index (Phi) is 5.19. The van der Waals surface area contributed by atoms with Gasteiger partial charge in [-0.2, -0.15) is 0 Å². The van der Waals surface area contributed by atoms with Gasteiger partial charge in [-0.05, 0) is 26.1 Å². The van der Waals surface area contributed by atoms with Crippen LogP contribution >= 0.6 is 0 Å². The number of rotatable bonds is 6. The van der Waals surface area contributed by atoms with Crippen LogP contribution in [0.25, 0.3) is 0 Å². The molecule has 0 spiro atoms. The number of amides is 1. The van der Waals surface area contributed by atoms with Crippen molar-refractivity contribution in [1.82, 2.24) is 5.32 Å². The van der Waals surface area contributed by atoms with Crippen LogP contribution in [0.1, 0.15) is 12.8 Å². The molecule has 7 heteroatoms. The van der Waals surface area contributed by atoms with Crippen LogP contribution < -0.4 is 10.6 Å². The first-order valence-electron chi connectivity index (χ1n) is 5.43. The molecule has 0 aromatic heterocycles. The van der Waals surface area contributed by atoms with E-state index in [4.69, 9.17) is 0 Å². The Bertz CT molecular complexity index is 451. The monoisotopic (exact) mass is 255 g/mol. The van der Waals surface area contributed by atoms with Gasteiger partial charge in [-0.1, -0.05) is 0 Å². The summed E-state index contributed by atoms with van der Waals surface area (Å²) in [5.74, 6) is -1.14. The topological polar surface area (TPSA) is 84.3 Å². The fourth-order valence-electron chi connectivity index (χ4n) is 1.36. The highest BCUT2D eigenvalue weighted by atomic mass is 19.1. The molecule has 6 nitrogen and oxygen atoms in total. The number of nitro benzene ring substituents is 1. The highest BCUT2D eigenvalue weighted by molar-refractivity contribution is 5.90. The van der Waals surface area contributed by atoms with Crippen molar-refractivity contribution in [3.05, 3.63) is 34.1 Å². The number of nitro groups is 1. The van der Waals surface area contributed by atoms with E-state index < -0.39 is 10.7 Å². The molecule has 0 bridgehead atoms. The van der Waals surface area contributed by atoms with E-state index in [2.05, 4.69) is 10.6 Å². The second-order valence-corrected chi connectivity index (χ2v) is 3.68. The average Bonchev–Trinajstić information content (AvgIpc) is 2.32. The number of non-ortho nitro benzene ring substituents is 1. The van der Waals surface area contributed by atoms with Crippen molar-refractivity contribution in [3.8, 4) is 0 Å². The van der Waals surface area contributed by atoms with Gasteiger partial charge in [0.2, 0.25) is 5.91 Å². The van der Waals surface area contributed by atoms with E-state index in [1.54, 1.807) is 7.05 Å². The third-order valence-electron chi connectivity index (χ3n) is 2.27. The van der Waals surface area contributed by atoms with Crippen LogP contribution in [0.4, 0.5) is 15.8 Å². The molecule has 1 aromatic carbocycles. The normalized spacial score (nSPS) is 10.1. The maximum atomic E-state index is 13.4. The molecule has 2 N–H and O–H groups in total. The molecule has 0 atom stereocenters. The lowest BCUT2D eigenvalue weighted by Crippen LogP contribution is -2.15. The lowest BCUT2D eigenvalue weighted by atomic mass is 10.2. The van der Waals surface area contributed by atoms with E-state index in [1.165, 1.54) is 6.07 Å². The van der Waals surface area contributed by atoms with Gasteiger partial charge in [-0.15, -0.1) is 0 Å². The average molecular weight is 255 g/mol. The maximum absolute atomic E-state index is 13.4. The van der Waals surface area contributed by atoms with Crippen molar-refractivity contribution < 1.29 is 14.1 Å². The van der Waals surface area contributed by atoms with Gasteiger partial charge in [0.15, 0.2) is 5.82 Å². The molecule has 0 radical (unpaired) electrons. The van der Waals surface area contributed by atoms with Crippen LogP contribution in [-0.2, 0) is 4.79 Å². The zero-order valence-corrected chi connectivity index (χ0v) is 9.90. The van der Waals surface area contributed by atoms with Gasteiger partial charge < -0.3 is 10.6 Å². The largest absolute Gasteiger partial charge is 0.324 e. The molecule has 0 aliphatic heterocycles. The fourth-order valence-corrected chi connectivity index (χ4v) is 1.36. The summed E-state index contributed by atoms with van der Waals surface area (Å²) in [5.41, 5.74) is -0.393. The predicted octanol–water partition coefficient (Wildman–Crippen LogP) is 1.67. The van der Waals surface area contributed by atoms with Crippen LogP contribution in [-0.4, -0.2) is 24.4 Å². The molecule has 0 fully saturated rings. The first kappa shape index (κ1) is 14.0. The SMILES string of the molecule is CNCCCC(=O)Nc1ccc([N+](=O)[O-])cc1F. The summed E-state index contributed by atoms with van der Waals surface area (Å²) in [6.45, 7) is 0.691. The van der Waals surface area contributed by atoms with Crippen molar-refractivity contribution in [2.24, 2.45) is 0 Å². The summed E-state index contributed by atoms with van der Waals surface area (Å²) < 4.78 is 13.4. The highest BCUT2D eigenvalue weighted by Crippen LogP contribution is 2.20. The second-order valence-electron chi connectivity index (χ2n) is 3.68. The number of carbonyl (C=O) groups excluding carboxylic acids is 1. The Balaban J connectivity index is 2.62. The number of nitrogens with zero attached hydrogens (tertiary/aromatic N) is 1. The van der Waals surface area contributed by atoms with Gasteiger partial charge in [0.25, 0.3) is 5.69 Å². The fraction of sp³-hybridized carbons (Fsp3) is 0.364. The van der Waals surface area contributed by atoms with Gasteiger partial charge >= 0.3 is 0 Å². The molecule has 98 valence electrons. The highest BCUT2D eigenvalue weighted by Gasteiger charge is 2.12. The summed E-state index contributed by atoms with van der Waals surface area (Å²) in [6.07, 6.45) is 0.897. The molecular weight excluding hydrogens is 241 g/mol. The molecule has 0 heterocycles. The quantitative estimate of drug-likeness (QED) is 0.460. The van der Waals surface area contributed by atoms with Crippen molar-refractivity contribution in [1.29, 1.82) is 0 Å². The number of nitrogens with one attached hydrogen (secondary N) is 2. The molecule has 0 aliphatic carbocycles. The zero-order valence-electron chi connectivity index (χ0n) is 9.90. The first-order chi connectivity index (χ1) is 8.54. The van der Waals surface area contributed by atoms with Crippen LogP contribution in [0, 0.1) is 15.9 Å². The summed E-state index contributed by atoms with van der Waals surface area (Å²) in [5, 5.41) is 15.7. The minimum absolute atomic E-state index is 0.0462. The molecule has 0 saturated heterocycles. The first-order valence-corrected chi connectivity index (χ1v) is 5.43. The van der Waals surface area contributed by atoms with Crippen LogP contribution in [0.3, 0.4) is 0 Å². The summed E-state index contributed by atoms with van der Waals surface area (Å²) >= 11 is 0. The van der Waals surface area contributed by atoms with Crippen LogP contribution in [0.15, 0.2) is 18.2 Å². The van der Waals surface area contributed by atoms with E-state index in [0.29, 0.717) is 13.0 Å². The molecule has 1 amide bonds. The summed E-state index contributed by atoms with van der Waals surface area (Å²) in [6, 6.07) is 3.11. The molecule has 0 unspecified atom stereocenters. The van der Waals surface area contributed by atoms with E-state index in [9.17, 15) is 19.3 Å². The number of hydrogen-bond acceptors (Lipinski definition) is 4. The van der Waals surface area contributed by atoms with Gasteiger partial charge in [0.05, 0.1) is 16.7 Å². The molecule has 1 aromatic rings. The molecule has 18 heavy (non-hydrogen) atoms.